The molecule has 1 heteroatoms. The van der Waals surface area contributed by atoms with Crippen molar-refractivity contribution >= 4 is 15.8 Å². The summed E-state index contributed by atoms with van der Waals surface area (Å²) in [6, 6.07) is 8.57. The molecule has 0 saturated heterocycles. The molecule has 12 heavy (non-hydrogen) atoms. The van der Waals surface area contributed by atoms with Crippen LogP contribution in [-0.4, -0.2) is 10.2 Å². The molecule has 1 aliphatic carbocycles. The zero-order valence-corrected chi connectivity index (χ0v) is 8.39. The Kier molecular flexibility index (Phi) is 1.69. The van der Waals surface area contributed by atoms with Crippen molar-refractivity contribution in [3.8, 4) is 0 Å². The highest BCUT2D eigenvalue weighted by Crippen LogP contribution is 2.38. The third-order valence-electron chi connectivity index (χ3n) is 2.70. The maximum absolute atomic E-state index is 3.74. The third kappa shape index (κ3) is 0.895. The first-order valence-electron chi connectivity index (χ1n) is 4.19. The van der Waals surface area contributed by atoms with E-state index < -0.39 is 0 Å². The van der Waals surface area contributed by atoms with Gasteiger partial charge in [-0.05, 0) is 36.1 Å². The lowest BCUT2D eigenvalue weighted by molar-refractivity contribution is 1.14. The summed E-state index contributed by atoms with van der Waals surface area (Å²) >= 11 is 0. The lowest BCUT2D eigenvalue weighted by atomic mass is 10.1. The molecule has 1 unspecified atom stereocenters. The molecule has 1 aromatic rings. The summed E-state index contributed by atoms with van der Waals surface area (Å²) in [6.45, 7) is 4.38. The highest BCUT2D eigenvalue weighted by atomic mass is 28.1. The van der Waals surface area contributed by atoms with Gasteiger partial charge in [-0.25, -0.2) is 0 Å². The molecule has 0 fully saturated rings. The Bertz CT molecular complexity index is 350. The van der Waals surface area contributed by atoms with Crippen molar-refractivity contribution in [3.63, 3.8) is 0 Å². The van der Waals surface area contributed by atoms with Gasteiger partial charge < -0.3 is 0 Å². The molecule has 0 saturated carbocycles. The average molecular weight is 171 g/mol. The first-order valence-corrected chi connectivity index (χ1v) is 4.77. The summed E-state index contributed by atoms with van der Waals surface area (Å²) in [5, 5.41) is 0. The molecule has 1 aromatic carbocycles. The van der Waals surface area contributed by atoms with Crippen LogP contribution in [0.15, 0.2) is 29.8 Å². The molecule has 0 bridgehead atoms. The summed E-state index contributed by atoms with van der Waals surface area (Å²) in [5.41, 5.74) is 6.10. The van der Waals surface area contributed by atoms with Crippen LogP contribution in [-0.2, 0) is 0 Å². The van der Waals surface area contributed by atoms with Crippen molar-refractivity contribution in [3.05, 3.63) is 41.0 Å². The number of hydrogen-bond acceptors (Lipinski definition) is 0. The van der Waals surface area contributed by atoms with Gasteiger partial charge in [-0.3, -0.25) is 0 Å². The molecular formula is C11H11Si. The first-order chi connectivity index (χ1) is 5.72. The van der Waals surface area contributed by atoms with Crippen molar-refractivity contribution in [1.29, 1.82) is 0 Å². The molecule has 0 amide bonds. The van der Waals surface area contributed by atoms with Gasteiger partial charge in [-0.2, -0.15) is 0 Å². The van der Waals surface area contributed by atoms with Gasteiger partial charge in [0, 0.05) is 10.2 Å². The van der Waals surface area contributed by atoms with Crippen LogP contribution in [0.1, 0.15) is 30.5 Å². The molecular weight excluding hydrogens is 160 g/mol. The van der Waals surface area contributed by atoms with Gasteiger partial charge >= 0.3 is 0 Å². The summed E-state index contributed by atoms with van der Waals surface area (Å²) in [5.74, 6) is 0. The topological polar surface area (TPSA) is 0 Å². The van der Waals surface area contributed by atoms with Gasteiger partial charge in [0.15, 0.2) is 0 Å². The van der Waals surface area contributed by atoms with Crippen molar-refractivity contribution in [1.82, 2.24) is 0 Å². The van der Waals surface area contributed by atoms with Crippen molar-refractivity contribution in [2.45, 2.75) is 19.4 Å². The Balaban J connectivity index is 2.65. The SMILES string of the molecule is CC1=C(C)C([Si])c2ccccc21. The van der Waals surface area contributed by atoms with E-state index in [0.29, 0.717) is 5.54 Å². The molecule has 0 aliphatic heterocycles. The minimum Gasteiger partial charge on any atom is -0.0658 e. The van der Waals surface area contributed by atoms with Crippen LogP contribution in [0.2, 0.25) is 0 Å². The molecule has 0 nitrogen and oxygen atoms in total. The second-order valence-corrected chi connectivity index (χ2v) is 3.91. The lowest BCUT2D eigenvalue weighted by Gasteiger charge is -2.05. The predicted molar refractivity (Wildman–Crippen MR) is 53.2 cm³/mol. The van der Waals surface area contributed by atoms with E-state index >= 15 is 0 Å². The van der Waals surface area contributed by atoms with E-state index in [2.05, 4.69) is 48.4 Å². The van der Waals surface area contributed by atoms with Crippen LogP contribution in [0.25, 0.3) is 5.57 Å². The summed E-state index contributed by atoms with van der Waals surface area (Å²) in [4.78, 5) is 0. The van der Waals surface area contributed by atoms with Crippen molar-refractivity contribution in [2.75, 3.05) is 0 Å². The summed E-state index contributed by atoms with van der Waals surface area (Å²) in [7, 11) is 3.74. The van der Waals surface area contributed by atoms with E-state index in [9.17, 15) is 0 Å². The molecule has 0 N–H and O–H groups in total. The van der Waals surface area contributed by atoms with Crippen LogP contribution < -0.4 is 0 Å². The second-order valence-electron chi connectivity index (χ2n) is 3.33. The monoisotopic (exact) mass is 171 g/mol. The lowest BCUT2D eigenvalue weighted by Crippen LogP contribution is -1.94. The Hall–Kier alpha value is -0.823. The summed E-state index contributed by atoms with van der Waals surface area (Å²) < 4.78 is 0. The Morgan fingerprint density at radius 1 is 1.17 bits per heavy atom. The van der Waals surface area contributed by atoms with E-state index in [-0.39, 0.29) is 0 Å². The molecule has 2 rings (SSSR count). The number of hydrogen-bond donors (Lipinski definition) is 0. The minimum absolute atomic E-state index is 0.432. The zero-order chi connectivity index (χ0) is 8.72. The highest BCUT2D eigenvalue weighted by molar-refractivity contribution is 6.17. The van der Waals surface area contributed by atoms with Gasteiger partial charge in [0.05, 0.1) is 0 Å². The molecule has 1 atom stereocenters. The van der Waals surface area contributed by atoms with Gasteiger partial charge in [0.25, 0.3) is 0 Å². The van der Waals surface area contributed by atoms with Crippen LogP contribution in [0, 0.1) is 0 Å². The number of allylic oxidation sites excluding steroid dienone is 2. The minimum atomic E-state index is 0.432. The number of rotatable bonds is 0. The average Bonchev–Trinajstić information content (AvgIpc) is 2.33. The normalized spacial score (nSPS) is 21.4. The number of benzene rings is 1. The van der Waals surface area contributed by atoms with Crippen LogP contribution in [0.3, 0.4) is 0 Å². The van der Waals surface area contributed by atoms with Gasteiger partial charge in [0.2, 0.25) is 0 Å². The van der Waals surface area contributed by atoms with Crippen molar-refractivity contribution in [2.24, 2.45) is 0 Å². The largest absolute Gasteiger partial charge is 0.0658 e. The highest BCUT2D eigenvalue weighted by Gasteiger charge is 2.21. The van der Waals surface area contributed by atoms with E-state index in [4.69, 9.17) is 0 Å². The fourth-order valence-corrected chi connectivity index (χ4v) is 2.22. The third-order valence-corrected chi connectivity index (χ3v) is 3.44. The van der Waals surface area contributed by atoms with Crippen LogP contribution >= 0.6 is 0 Å². The smallest absolute Gasteiger partial charge is 0.0392 e. The quantitative estimate of drug-likeness (QED) is 0.526. The standard InChI is InChI=1S/C11H11Si/c1-7-8(2)11(12)10-6-4-3-5-9(7)10/h3-6,11H,1-2H3. The molecule has 1 aliphatic rings. The maximum atomic E-state index is 3.74. The van der Waals surface area contributed by atoms with Gasteiger partial charge in [-0.1, -0.05) is 29.8 Å². The van der Waals surface area contributed by atoms with Crippen LogP contribution in [0.5, 0.6) is 0 Å². The van der Waals surface area contributed by atoms with E-state index in [1.165, 1.54) is 22.3 Å². The fourth-order valence-electron chi connectivity index (χ4n) is 1.75. The first kappa shape index (κ1) is 7.81. The van der Waals surface area contributed by atoms with E-state index in [1.54, 1.807) is 0 Å². The van der Waals surface area contributed by atoms with Crippen molar-refractivity contribution < 1.29 is 0 Å². The Morgan fingerprint density at radius 2 is 1.83 bits per heavy atom. The Labute approximate surface area is 76.7 Å². The molecule has 59 valence electrons. The molecule has 0 heterocycles. The number of fused-ring (bicyclic) bond motifs is 1. The Morgan fingerprint density at radius 3 is 2.50 bits per heavy atom. The molecule has 3 radical (unpaired) electrons. The van der Waals surface area contributed by atoms with E-state index in [0.717, 1.165) is 0 Å². The second kappa shape index (κ2) is 2.59. The van der Waals surface area contributed by atoms with E-state index in [1.807, 2.05) is 0 Å². The van der Waals surface area contributed by atoms with Gasteiger partial charge in [0.1, 0.15) is 0 Å². The molecule has 0 aromatic heterocycles. The predicted octanol–water partition coefficient (Wildman–Crippen LogP) is 2.70. The summed E-state index contributed by atoms with van der Waals surface area (Å²) in [6.07, 6.45) is 0. The zero-order valence-electron chi connectivity index (χ0n) is 7.39. The fraction of sp³-hybridized carbons (Fsp3) is 0.273. The maximum Gasteiger partial charge on any atom is 0.0392 e. The van der Waals surface area contributed by atoms with Gasteiger partial charge in [-0.15, -0.1) is 0 Å². The van der Waals surface area contributed by atoms with Crippen LogP contribution in [0.4, 0.5) is 0 Å². The molecule has 0 spiro atoms.